The molecule has 0 bridgehead atoms. The lowest BCUT2D eigenvalue weighted by atomic mass is 10.1. The SMILES string of the molecule is COC(=O)c1cc(CN(C)C(=O)c2cc(Cl)c3c(c2)OCCO3)oc1C. The summed E-state index contributed by atoms with van der Waals surface area (Å²) in [6.07, 6.45) is 0. The molecule has 8 heteroatoms. The predicted molar refractivity (Wildman–Crippen MR) is 93.0 cm³/mol. The number of carbonyl (C=O) groups excluding carboxylic acids is 2. The molecule has 0 N–H and O–H groups in total. The molecule has 0 aliphatic carbocycles. The number of methoxy groups -OCH3 is 1. The van der Waals surface area contributed by atoms with Gasteiger partial charge in [-0.1, -0.05) is 11.6 Å². The van der Waals surface area contributed by atoms with Gasteiger partial charge in [0.25, 0.3) is 5.91 Å². The molecule has 0 saturated carbocycles. The van der Waals surface area contributed by atoms with Crippen LogP contribution in [0.4, 0.5) is 0 Å². The lowest BCUT2D eigenvalue weighted by Crippen LogP contribution is -2.26. The molecule has 0 unspecified atom stereocenters. The van der Waals surface area contributed by atoms with E-state index >= 15 is 0 Å². The third kappa shape index (κ3) is 3.48. The summed E-state index contributed by atoms with van der Waals surface area (Å²) in [7, 11) is 2.93. The number of hydrogen-bond acceptors (Lipinski definition) is 6. The highest BCUT2D eigenvalue weighted by Gasteiger charge is 2.22. The molecule has 1 aromatic heterocycles. The summed E-state index contributed by atoms with van der Waals surface area (Å²) in [5, 5.41) is 0.320. The first-order chi connectivity index (χ1) is 12.4. The third-order valence-corrected chi connectivity index (χ3v) is 4.24. The summed E-state index contributed by atoms with van der Waals surface area (Å²) in [5.41, 5.74) is 0.712. The van der Waals surface area contributed by atoms with E-state index in [0.29, 0.717) is 52.4 Å². The van der Waals surface area contributed by atoms with E-state index in [9.17, 15) is 9.59 Å². The van der Waals surface area contributed by atoms with Crippen molar-refractivity contribution in [1.82, 2.24) is 4.90 Å². The van der Waals surface area contributed by atoms with Gasteiger partial charge >= 0.3 is 5.97 Å². The van der Waals surface area contributed by atoms with E-state index in [1.165, 1.54) is 12.0 Å². The Labute approximate surface area is 155 Å². The maximum atomic E-state index is 12.7. The highest BCUT2D eigenvalue weighted by atomic mass is 35.5. The summed E-state index contributed by atoms with van der Waals surface area (Å²) in [4.78, 5) is 25.8. The number of furan rings is 1. The maximum Gasteiger partial charge on any atom is 0.341 e. The van der Waals surface area contributed by atoms with Crippen LogP contribution in [0, 0.1) is 6.92 Å². The second-order valence-corrected chi connectivity index (χ2v) is 6.22. The zero-order chi connectivity index (χ0) is 18.8. The summed E-state index contributed by atoms with van der Waals surface area (Å²) >= 11 is 6.19. The van der Waals surface area contributed by atoms with Crippen LogP contribution < -0.4 is 9.47 Å². The average Bonchev–Trinajstić information content (AvgIpc) is 3.00. The van der Waals surface area contributed by atoms with Crippen LogP contribution in [0.3, 0.4) is 0 Å². The quantitative estimate of drug-likeness (QED) is 0.760. The van der Waals surface area contributed by atoms with Crippen LogP contribution >= 0.6 is 11.6 Å². The van der Waals surface area contributed by atoms with Gasteiger partial charge in [-0.05, 0) is 25.1 Å². The molecular weight excluding hydrogens is 362 g/mol. The second kappa shape index (κ2) is 7.29. The highest BCUT2D eigenvalue weighted by molar-refractivity contribution is 6.32. The molecule has 0 atom stereocenters. The standard InChI is InChI=1S/C18H18ClNO6/c1-10-13(18(22)23-3)8-12(26-10)9-20(2)17(21)11-6-14(19)16-15(7-11)24-4-5-25-16/h6-8H,4-5,9H2,1-3H3. The largest absolute Gasteiger partial charge is 0.486 e. The summed E-state index contributed by atoms with van der Waals surface area (Å²) in [6.45, 7) is 2.67. The van der Waals surface area contributed by atoms with Gasteiger partial charge in [0.15, 0.2) is 11.5 Å². The number of amides is 1. The molecule has 1 aromatic carbocycles. The van der Waals surface area contributed by atoms with Crippen LogP contribution in [0.2, 0.25) is 5.02 Å². The first kappa shape index (κ1) is 18.1. The molecule has 7 nitrogen and oxygen atoms in total. The minimum absolute atomic E-state index is 0.183. The van der Waals surface area contributed by atoms with Crippen LogP contribution in [0.5, 0.6) is 11.5 Å². The zero-order valence-electron chi connectivity index (χ0n) is 14.6. The Hall–Kier alpha value is -2.67. The molecule has 1 aliphatic heterocycles. The first-order valence-electron chi connectivity index (χ1n) is 7.93. The topological polar surface area (TPSA) is 78.2 Å². The number of hydrogen-bond donors (Lipinski definition) is 0. The summed E-state index contributed by atoms with van der Waals surface area (Å²) in [5.74, 6) is 1.06. The van der Waals surface area contributed by atoms with Crippen LogP contribution in [0.1, 0.15) is 32.2 Å². The van der Waals surface area contributed by atoms with E-state index in [2.05, 4.69) is 0 Å². The van der Waals surface area contributed by atoms with Crippen LogP contribution in [-0.2, 0) is 11.3 Å². The van der Waals surface area contributed by atoms with Crippen LogP contribution in [0.15, 0.2) is 22.6 Å². The number of nitrogens with zero attached hydrogens (tertiary/aromatic N) is 1. The van der Waals surface area contributed by atoms with Gasteiger partial charge in [0.2, 0.25) is 0 Å². The van der Waals surface area contributed by atoms with Crippen LogP contribution in [0.25, 0.3) is 0 Å². The molecule has 0 spiro atoms. The van der Waals surface area contributed by atoms with Gasteiger partial charge in [0.1, 0.15) is 30.3 Å². The molecule has 26 heavy (non-hydrogen) atoms. The van der Waals surface area contributed by atoms with Gasteiger partial charge in [-0.15, -0.1) is 0 Å². The summed E-state index contributed by atoms with van der Waals surface area (Å²) in [6, 6.07) is 4.72. The Bertz CT molecular complexity index is 860. The Morgan fingerprint density at radius 2 is 1.96 bits per heavy atom. The lowest BCUT2D eigenvalue weighted by Gasteiger charge is -2.21. The van der Waals surface area contributed by atoms with E-state index in [1.54, 1.807) is 32.2 Å². The Morgan fingerprint density at radius 3 is 2.69 bits per heavy atom. The maximum absolute atomic E-state index is 12.7. The van der Waals surface area contributed by atoms with Crippen molar-refractivity contribution in [2.24, 2.45) is 0 Å². The molecule has 1 amide bonds. The monoisotopic (exact) mass is 379 g/mol. The van der Waals surface area contributed by atoms with E-state index < -0.39 is 5.97 Å². The Morgan fingerprint density at radius 1 is 1.23 bits per heavy atom. The molecule has 138 valence electrons. The third-order valence-electron chi connectivity index (χ3n) is 3.96. The van der Waals surface area contributed by atoms with E-state index in [-0.39, 0.29) is 12.5 Å². The van der Waals surface area contributed by atoms with Gasteiger partial charge in [-0.3, -0.25) is 4.79 Å². The minimum Gasteiger partial charge on any atom is -0.486 e. The Balaban J connectivity index is 1.78. The fraction of sp³-hybridized carbons (Fsp3) is 0.333. The fourth-order valence-corrected chi connectivity index (χ4v) is 2.96. The normalized spacial score (nSPS) is 12.6. The number of fused-ring (bicyclic) bond motifs is 1. The van der Waals surface area contributed by atoms with Gasteiger partial charge in [-0.25, -0.2) is 4.79 Å². The number of carbonyl (C=O) groups is 2. The van der Waals surface area contributed by atoms with E-state index in [0.717, 1.165) is 0 Å². The molecule has 2 aromatic rings. The molecular formula is C18H18ClNO6. The number of halogens is 1. The van der Waals surface area contributed by atoms with Crippen molar-refractivity contribution in [3.8, 4) is 11.5 Å². The zero-order valence-corrected chi connectivity index (χ0v) is 15.4. The number of esters is 1. The molecule has 1 aliphatic rings. The van der Waals surface area contributed by atoms with Crippen molar-refractivity contribution >= 4 is 23.5 Å². The molecule has 0 saturated heterocycles. The smallest absolute Gasteiger partial charge is 0.341 e. The average molecular weight is 380 g/mol. The van der Waals surface area contributed by atoms with E-state index in [4.69, 9.17) is 30.2 Å². The highest BCUT2D eigenvalue weighted by Crippen LogP contribution is 2.38. The van der Waals surface area contributed by atoms with Gasteiger partial charge < -0.3 is 23.5 Å². The lowest BCUT2D eigenvalue weighted by molar-refractivity contribution is 0.0598. The van der Waals surface area contributed by atoms with Crippen molar-refractivity contribution in [2.75, 3.05) is 27.4 Å². The molecule has 3 rings (SSSR count). The Kier molecular flexibility index (Phi) is 5.08. The van der Waals surface area contributed by atoms with Gasteiger partial charge in [-0.2, -0.15) is 0 Å². The van der Waals surface area contributed by atoms with Gasteiger partial charge in [0, 0.05) is 12.6 Å². The number of ether oxygens (including phenoxy) is 3. The van der Waals surface area contributed by atoms with Crippen molar-refractivity contribution in [3.05, 3.63) is 45.9 Å². The second-order valence-electron chi connectivity index (χ2n) is 5.82. The molecule has 2 heterocycles. The van der Waals surface area contributed by atoms with Crippen molar-refractivity contribution < 1.29 is 28.2 Å². The van der Waals surface area contributed by atoms with Crippen LogP contribution in [-0.4, -0.2) is 44.1 Å². The van der Waals surface area contributed by atoms with Crippen molar-refractivity contribution in [2.45, 2.75) is 13.5 Å². The molecule has 0 radical (unpaired) electrons. The van der Waals surface area contributed by atoms with Crippen molar-refractivity contribution in [3.63, 3.8) is 0 Å². The number of rotatable bonds is 4. The first-order valence-corrected chi connectivity index (χ1v) is 8.30. The number of aryl methyl sites for hydroxylation is 1. The fourth-order valence-electron chi connectivity index (χ4n) is 2.69. The number of benzene rings is 1. The van der Waals surface area contributed by atoms with Crippen molar-refractivity contribution in [1.29, 1.82) is 0 Å². The van der Waals surface area contributed by atoms with Gasteiger partial charge in [0.05, 0.1) is 18.7 Å². The predicted octanol–water partition coefficient (Wildman–Crippen LogP) is 3.07. The van der Waals surface area contributed by atoms with E-state index in [1.807, 2.05) is 0 Å². The minimum atomic E-state index is -0.481. The molecule has 0 fully saturated rings. The summed E-state index contributed by atoms with van der Waals surface area (Å²) < 4.78 is 21.2.